The van der Waals surface area contributed by atoms with E-state index < -0.39 is 0 Å². The summed E-state index contributed by atoms with van der Waals surface area (Å²) in [6.07, 6.45) is 3.92. The Labute approximate surface area is 119 Å². The third-order valence-corrected chi connectivity index (χ3v) is 3.46. The van der Waals surface area contributed by atoms with Crippen molar-refractivity contribution in [1.82, 2.24) is 15.6 Å². The van der Waals surface area contributed by atoms with E-state index in [0.29, 0.717) is 11.2 Å². The van der Waals surface area contributed by atoms with Crippen molar-refractivity contribution in [3.63, 3.8) is 0 Å². The summed E-state index contributed by atoms with van der Waals surface area (Å²) in [4.78, 5) is 8.65. The third kappa shape index (κ3) is 4.71. The summed E-state index contributed by atoms with van der Waals surface area (Å²) >= 11 is 5.76. The number of pyridine rings is 1. The highest BCUT2D eigenvalue weighted by atomic mass is 35.5. The molecule has 1 fully saturated rings. The number of nitrogens with zero attached hydrogens (tertiary/aromatic N) is 2. The standard InChI is InChI=1S/C14H21ClN4/c1-3-16-14(19-12-8-10(12)2)17-7-6-11-4-5-13(15)18-9-11/h4-5,9-10,12H,3,6-8H2,1-2H3,(H2,16,17,19). The molecule has 2 atom stereocenters. The molecule has 0 saturated heterocycles. The summed E-state index contributed by atoms with van der Waals surface area (Å²) in [5.41, 5.74) is 1.16. The van der Waals surface area contributed by atoms with Gasteiger partial charge < -0.3 is 10.6 Å². The van der Waals surface area contributed by atoms with Crippen LogP contribution in [0, 0.1) is 5.92 Å². The molecule has 0 amide bonds. The molecule has 0 aromatic carbocycles. The van der Waals surface area contributed by atoms with Gasteiger partial charge in [-0.1, -0.05) is 24.6 Å². The smallest absolute Gasteiger partial charge is 0.191 e. The van der Waals surface area contributed by atoms with E-state index >= 15 is 0 Å². The van der Waals surface area contributed by atoms with Crippen LogP contribution in [-0.4, -0.2) is 30.1 Å². The number of nitrogens with one attached hydrogen (secondary N) is 2. The minimum absolute atomic E-state index is 0.532. The Kier molecular flexibility index (Phi) is 5.02. The van der Waals surface area contributed by atoms with Crippen LogP contribution in [0.15, 0.2) is 23.3 Å². The number of halogens is 1. The first kappa shape index (κ1) is 14.1. The third-order valence-electron chi connectivity index (χ3n) is 3.23. The van der Waals surface area contributed by atoms with Gasteiger partial charge in [-0.3, -0.25) is 4.99 Å². The van der Waals surface area contributed by atoms with Gasteiger partial charge in [0.05, 0.1) is 0 Å². The summed E-state index contributed by atoms with van der Waals surface area (Å²) in [6, 6.07) is 4.40. The van der Waals surface area contributed by atoms with Crippen LogP contribution in [0.5, 0.6) is 0 Å². The average Bonchev–Trinajstić information content (AvgIpc) is 3.07. The van der Waals surface area contributed by atoms with E-state index in [9.17, 15) is 0 Å². The van der Waals surface area contributed by atoms with E-state index in [1.165, 1.54) is 6.42 Å². The van der Waals surface area contributed by atoms with Crippen molar-refractivity contribution in [3.05, 3.63) is 29.0 Å². The van der Waals surface area contributed by atoms with E-state index in [-0.39, 0.29) is 0 Å². The number of hydrogen-bond acceptors (Lipinski definition) is 2. The Morgan fingerprint density at radius 3 is 2.89 bits per heavy atom. The van der Waals surface area contributed by atoms with Crippen LogP contribution in [-0.2, 0) is 6.42 Å². The fourth-order valence-electron chi connectivity index (χ4n) is 1.87. The van der Waals surface area contributed by atoms with Crippen LogP contribution < -0.4 is 10.6 Å². The lowest BCUT2D eigenvalue weighted by Gasteiger charge is -2.10. The lowest BCUT2D eigenvalue weighted by atomic mass is 10.2. The van der Waals surface area contributed by atoms with Gasteiger partial charge in [-0.05, 0) is 37.3 Å². The van der Waals surface area contributed by atoms with Gasteiger partial charge in [0.15, 0.2) is 5.96 Å². The second-order valence-corrected chi connectivity index (χ2v) is 5.35. The van der Waals surface area contributed by atoms with Crippen molar-refractivity contribution in [2.75, 3.05) is 13.1 Å². The van der Waals surface area contributed by atoms with Crippen LogP contribution in [0.1, 0.15) is 25.8 Å². The van der Waals surface area contributed by atoms with E-state index in [1.807, 2.05) is 12.1 Å². The van der Waals surface area contributed by atoms with Gasteiger partial charge in [0.2, 0.25) is 0 Å². The molecule has 0 radical (unpaired) electrons. The number of rotatable bonds is 5. The largest absolute Gasteiger partial charge is 0.357 e. The summed E-state index contributed by atoms with van der Waals surface area (Å²) in [7, 11) is 0. The molecule has 1 saturated carbocycles. The van der Waals surface area contributed by atoms with Gasteiger partial charge in [-0.25, -0.2) is 4.98 Å². The molecule has 0 aliphatic heterocycles. The summed E-state index contributed by atoms with van der Waals surface area (Å²) in [5, 5.41) is 7.24. The zero-order valence-corrected chi connectivity index (χ0v) is 12.2. The maximum Gasteiger partial charge on any atom is 0.191 e. The Bertz CT molecular complexity index is 430. The van der Waals surface area contributed by atoms with Crippen molar-refractivity contribution in [2.45, 2.75) is 32.7 Å². The van der Waals surface area contributed by atoms with Gasteiger partial charge in [0.1, 0.15) is 5.15 Å². The molecule has 2 unspecified atom stereocenters. The molecular formula is C14H21ClN4. The Hall–Kier alpha value is -1.29. The molecule has 5 heteroatoms. The van der Waals surface area contributed by atoms with E-state index in [2.05, 4.69) is 34.5 Å². The minimum atomic E-state index is 0.532. The van der Waals surface area contributed by atoms with Crippen molar-refractivity contribution in [2.24, 2.45) is 10.9 Å². The van der Waals surface area contributed by atoms with Gasteiger partial charge in [0.25, 0.3) is 0 Å². The lowest BCUT2D eigenvalue weighted by molar-refractivity contribution is 0.765. The Morgan fingerprint density at radius 1 is 1.53 bits per heavy atom. The van der Waals surface area contributed by atoms with Crippen molar-refractivity contribution < 1.29 is 0 Å². The zero-order valence-electron chi connectivity index (χ0n) is 11.5. The molecule has 104 valence electrons. The molecule has 1 heterocycles. The highest BCUT2D eigenvalue weighted by molar-refractivity contribution is 6.29. The molecule has 0 bridgehead atoms. The normalized spacial score (nSPS) is 22.2. The van der Waals surface area contributed by atoms with Crippen LogP contribution in [0.25, 0.3) is 0 Å². The van der Waals surface area contributed by atoms with Crippen molar-refractivity contribution in [1.29, 1.82) is 0 Å². The zero-order chi connectivity index (χ0) is 13.7. The second kappa shape index (κ2) is 6.75. The first-order chi connectivity index (χ1) is 9.19. The number of aliphatic imine (C=N–C) groups is 1. The number of aromatic nitrogens is 1. The summed E-state index contributed by atoms with van der Waals surface area (Å²) < 4.78 is 0. The predicted molar refractivity (Wildman–Crippen MR) is 79.6 cm³/mol. The van der Waals surface area contributed by atoms with E-state index in [4.69, 9.17) is 11.6 Å². The Balaban J connectivity index is 1.81. The second-order valence-electron chi connectivity index (χ2n) is 4.96. The number of hydrogen-bond donors (Lipinski definition) is 2. The van der Waals surface area contributed by atoms with Crippen LogP contribution in [0.2, 0.25) is 5.15 Å². The highest BCUT2D eigenvalue weighted by Gasteiger charge is 2.33. The SMILES string of the molecule is CCNC(=NCCc1ccc(Cl)nc1)NC1CC1C. The topological polar surface area (TPSA) is 49.3 Å². The maximum atomic E-state index is 5.76. The van der Waals surface area contributed by atoms with Gasteiger partial charge in [0, 0.05) is 25.3 Å². The van der Waals surface area contributed by atoms with Gasteiger partial charge in [-0.2, -0.15) is 0 Å². The Morgan fingerprint density at radius 2 is 2.32 bits per heavy atom. The van der Waals surface area contributed by atoms with Crippen molar-refractivity contribution >= 4 is 17.6 Å². The minimum Gasteiger partial charge on any atom is -0.357 e. The molecule has 1 aromatic heterocycles. The highest BCUT2D eigenvalue weighted by Crippen LogP contribution is 2.28. The summed E-state index contributed by atoms with van der Waals surface area (Å²) in [6.45, 7) is 5.96. The van der Waals surface area contributed by atoms with Gasteiger partial charge in [-0.15, -0.1) is 0 Å². The molecule has 2 rings (SSSR count). The van der Waals surface area contributed by atoms with Gasteiger partial charge >= 0.3 is 0 Å². The first-order valence-electron chi connectivity index (χ1n) is 6.84. The molecule has 2 N–H and O–H groups in total. The first-order valence-corrected chi connectivity index (χ1v) is 7.22. The molecule has 4 nitrogen and oxygen atoms in total. The van der Waals surface area contributed by atoms with Crippen LogP contribution in [0.4, 0.5) is 0 Å². The van der Waals surface area contributed by atoms with E-state index in [0.717, 1.165) is 37.0 Å². The maximum absolute atomic E-state index is 5.76. The average molecular weight is 281 g/mol. The predicted octanol–water partition coefficient (Wildman–Crippen LogP) is 2.24. The summed E-state index contributed by atoms with van der Waals surface area (Å²) in [5.74, 6) is 1.68. The molecule has 0 spiro atoms. The molecule has 19 heavy (non-hydrogen) atoms. The molecule has 1 aromatic rings. The van der Waals surface area contributed by atoms with Crippen molar-refractivity contribution in [3.8, 4) is 0 Å². The fraction of sp³-hybridized carbons (Fsp3) is 0.571. The van der Waals surface area contributed by atoms with Crippen LogP contribution in [0.3, 0.4) is 0 Å². The molecule has 1 aliphatic rings. The number of guanidine groups is 1. The van der Waals surface area contributed by atoms with Crippen LogP contribution >= 0.6 is 11.6 Å². The quantitative estimate of drug-likeness (QED) is 0.494. The monoisotopic (exact) mass is 280 g/mol. The molecule has 1 aliphatic carbocycles. The molecular weight excluding hydrogens is 260 g/mol. The fourth-order valence-corrected chi connectivity index (χ4v) is 1.98. The lowest BCUT2D eigenvalue weighted by Crippen LogP contribution is -2.39. The van der Waals surface area contributed by atoms with E-state index in [1.54, 1.807) is 6.20 Å².